The summed E-state index contributed by atoms with van der Waals surface area (Å²) in [5.41, 5.74) is 4.68. The van der Waals surface area contributed by atoms with Crippen molar-refractivity contribution < 1.29 is 19.4 Å². The average molecular weight is 215 g/mol. The van der Waals surface area contributed by atoms with Crippen LogP contribution < -0.4 is 5.73 Å². The number of carbonyl (C=O) groups is 2. The summed E-state index contributed by atoms with van der Waals surface area (Å²) in [6, 6.07) is -0.983. The number of esters is 1. The largest absolute Gasteiger partial charge is 0.480 e. The lowest BCUT2D eigenvalue weighted by Crippen LogP contribution is -2.29. The number of nitrogens with two attached hydrogens (primary N) is 1. The number of hydrogen-bond acceptors (Lipinski definition) is 4. The molecule has 1 atom stereocenters. The van der Waals surface area contributed by atoms with Gasteiger partial charge in [-0.1, -0.05) is 6.08 Å². The van der Waals surface area contributed by atoms with Crippen molar-refractivity contribution in [3.05, 3.63) is 12.2 Å². The lowest BCUT2D eigenvalue weighted by atomic mass is 10.2. The van der Waals surface area contributed by atoms with Crippen molar-refractivity contribution in [2.75, 3.05) is 0 Å². The fraction of sp³-hybridized carbons (Fsp3) is 0.600. The van der Waals surface area contributed by atoms with Gasteiger partial charge in [0.1, 0.15) is 11.6 Å². The van der Waals surface area contributed by atoms with Crippen LogP contribution >= 0.6 is 0 Å². The molecule has 0 aliphatic carbocycles. The van der Waals surface area contributed by atoms with Crippen LogP contribution in [0.15, 0.2) is 12.2 Å². The molecule has 5 nitrogen and oxygen atoms in total. The molecule has 0 heterocycles. The van der Waals surface area contributed by atoms with Crippen LogP contribution in [0.25, 0.3) is 0 Å². The molecule has 0 saturated heterocycles. The quantitative estimate of drug-likeness (QED) is 0.532. The Balaban J connectivity index is 3.98. The Morgan fingerprint density at radius 1 is 1.47 bits per heavy atom. The van der Waals surface area contributed by atoms with Crippen LogP contribution in [-0.2, 0) is 14.3 Å². The first-order valence-electron chi connectivity index (χ1n) is 4.60. The van der Waals surface area contributed by atoms with Gasteiger partial charge in [-0.05, 0) is 27.2 Å². The minimum Gasteiger partial charge on any atom is -0.480 e. The fourth-order valence-electron chi connectivity index (χ4n) is 0.747. The van der Waals surface area contributed by atoms with Gasteiger partial charge in [-0.25, -0.2) is 4.79 Å². The van der Waals surface area contributed by atoms with Gasteiger partial charge in [0, 0.05) is 6.08 Å². The third-order valence-electron chi connectivity index (χ3n) is 1.37. The van der Waals surface area contributed by atoms with E-state index in [9.17, 15) is 9.59 Å². The van der Waals surface area contributed by atoms with Crippen molar-refractivity contribution in [3.8, 4) is 0 Å². The summed E-state index contributed by atoms with van der Waals surface area (Å²) in [5, 5.41) is 8.46. The van der Waals surface area contributed by atoms with Crippen molar-refractivity contribution in [1.82, 2.24) is 0 Å². The number of carbonyl (C=O) groups excluding carboxylic acids is 1. The lowest BCUT2D eigenvalue weighted by Gasteiger charge is -2.17. The second-order valence-corrected chi connectivity index (χ2v) is 4.12. The minimum absolute atomic E-state index is 0.106. The van der Waals surface area contributed by atoms with Crippen LogP contribution in [0.5, 0.6) is 0 Å². The van der Waals surface area contributed by atoms with E-state index in [0.717, 1.165) is 0 Å². The Bertz CT molecular complexity index is 265. The second-order valence-electron chi connectivity index (χ2n) is 4.12. The van der Waals surface area contributed by atoms with E-state index in [4.69, 9.17) is 15.6 Å². The Kier molecular flexibility index (Phi) is 5.00. The average Bonchev–Trinajstić information content (AvgIpc) is 2.00. The zero-order valence-electron chi connectivity index (χ0n) is 9.19. The first kappa shape index (κ1) is 13.6. The molecule has 0 bridgehead atoms. The molecule has 86 valence electrons. The van der Waals surface area contributed by atoms with Crippen molar-refractivity contribution in [2.24, 2.45) is 5.73 Å². The molecule has 15 heavy (non-hydrogen) atoms. The summed E-state index contributed by atoms with van der Waals surface area (Å²) in [7, 11) is 0. The topological polar surface area (TPSA) is 89.6 Å². The molecule has 3 N–H and O–H groups in total. The normalized spacial score (nSPS) is 13.9. The highest BCUT2D eigenvalue weighted by atomic mass is 16.6. The van der Waals surface area contributed by atoms with Gasteiger partial charge in [0.2, 0.25) is 0 Å². The fourth-order valence-corrected chi connectivity index (χ4v) is 0.747. The summed E-state index contributed by atoms with van der Waals surface area (Å²) < 4.78 is 4.97. The third-order valence-corrected chi connectivity index (χ3v) is 1.37. The van der Waals surface area contributed by atoms with Gasteiger partial charge in [-0.2, -0.15) is 0 Å². The van der Waals surface area contributed by atoms with Crippen LogP contribution in [0.2, 0.25) is 0 Å². The molecule has 0 rings (SSSR count). The first-order valence-corrected chi connectivity index (χ1v) is 4.60. The monoisotopic (exact) mass is 215 g/mol. The maximum atomic E-state index is 11.1. The number of ether oxygens (including phenoxy) is 1. The molecule has 0 aromatic rings. The molecule has 0 aliphatic heterocycles. The van der Waals surface area contributed by atoms with E-state index in [1.54, 1.807) is 20.8 Å². The van der Waals surface area contributed by atoms with Gasteiger partial charge in [0.05, 0.1) is 0 Å². The van der Waals surface area contributed by atoms with E-state index in [0.29, 0.717) is 0 Å². The molecule has 0 amide bonds. The highest BCUT2D eigenvalue weighted by molar-refractivity contribution is 5.82. The van der Waals surface area contributed by atoms with Gasteiger partial charge >= 0.3 is 11.9 Å². The maximum Gasteiger partial charge on any atom is 0.330 e. The predicted octanol–water partition coefficient (Wildman–Crippen LogP) is 0.686. The molecule has 0 radical (unpaired) electrons. The number of hydrogen-bond donors (Lipinski definition) is 2. The zero-order chi connectivity index (χ0) is 12.1. The molecular formula is C10H17NO4. The van der Waals surface area contributed by atoms with Gasteiger partial charge in [-0.3, -0.25) is 4.79 Å². The molecule has 0 aliphatic rings. The van der Waals surface area contributed by atoms with E-state index < -0.39 is 23.6 Å². The van der Waals surface area contributed by atoms with E-state index in [1.165, 1.54) is 12.2 Å². The van der Waals surface area contributed by atoms with E-state index >= 15 is 0 Å². The highest BCUT2D eigenvalue weighted by Crippen LogP contribution is 2.07. The van der Waals surface area contributed by atoms with E-state index in [2.05, 4.69) is 0 Å². The Hall–Kier alpha value is -1.36. The maximum absolute atomic E-state index is 11.1. The summed E-state index contributed by atoms with van der Waals surface area (Å²) in [6.07, 6.45) is 2.69. The Labute approximate surface area is 88.9 Å². The zero-order valence-corrected chi connectivity index (χ0v) is 9.19. The molecule has 0 aromatic carbocycles. The van der Waals surface area contributed by atoms with Crippen molar-refractivity contribution in [1.29, 1.82) is 0 Å². The summed E-state index contributed by atoms with van der Waals surface area (Å²) in [5.74, 6) is -1.59. The summed E-state index contributed by atoms with van der Waals surface area (Å²) >= 11 is 0. The SMILES string of the molecule is CC(C)(C)OC(=O)C=CCC(N)C(=O)O. The molecule has 0 fully saturated rings. The van der Waals surface area contributed by atoms with E-state index in [1.807, 2.05) is 0 Å². The molecule has 0 spiro atoms. The lowest BCUT2D eigenvalue weighted by molar-refractivity contribution is -0.148. The summed E-state index contributed by atoms with van der Waals surface area (Å²) in [6.45, 7) is 5.26. The predicted molar refractivity (Wildman–Crippen MR) is 55.2 cm³/mol. The molecule has 5 heteroatoms. The Morgan fingerprint density at radius 2 is 2.00 bits per heavy atom. The molecular weight excluding hydrogens is 198 g/mol. The van der Waals surface area contributed by atoms with Crippen molar-refractivity contribution in [2.45, 2.75) is 38.8 Å². The highest BCUT2D eigenvalue weighted by Gasteiger charge is 2.14. The molecule has 0 aromatic heterocycles. The van der Waals surface area contributed by atoms with Gasteiger partial charge < -0.3 is 15.6 Å². The van der Waals surface area contributed by atoms with Crippen molar-refractivity contribution >= 4 is 11.9 Å². The standard InChI is InChI=1S/C10H17NO4/c1-10(2,3)15-8(12)6-4-5-7(11)9(13)14/h4,6-7H,5,11H2,1-3H3,(H,13,14). The second kappa shape index (κ2) is 5.50. The van der Waals surface area contributed by atoms with E-state index in [-0.39, 0.29) is 6.42 Å². The van der Waals surface area contributed by atoms with Gasteiger partial charge in [-0.15, -0.1) is 0 Å². The van der Waals surface area contributed by atoms with Gasteiger partial charge in [0.25, 0.3) is 0 Å². The summed E-state index contributed by atoms with van der Waals surface area (Å²) in [4.78, 5) is 21.4. The van der Waals surface area contributed by atoms with Crippen molar-refractivity contribution in [3.63, 3.8) is 0 Å². The van der Waals surface area contributed by atoms with Crippen LogP contribution in [0, 0.1) is 0 Å². The smallest absolute Gasteiger partial charge is 0.330 e. The Morgan fingerprint density at radius 3 is 2.40 bits per heavy atom. The van der Waals surface area contributed by atoms with Gasteiger partial charge in [0.15, 0.2) is 0 Å². The van der Waals surface area contributed by atoms with Crippen LogP contribution in [-0.4, -0.2) is 28.7 Å². The number of carboxylic acids is 1. The number of aliphatic carboxylic acids is 1. The van der Waals surface area contributed by atoms with Crippen LogP contribution in [0.3, 0.4) is 0 Å². The minimum atomic E-state index is -1.09. The number of carboxylic acid groups (broad SMARTS) is 1. The molecule has 0 saturated carbocycles. The van der Waals surface area contributed by atoms with Crippen LogP contribution in [0.4, 0.5) is 0 Å². The number of rotatable bonds is 4. The van der Waals surface area contributed by atoms with Crippen LogP contribution in [0.1, 0.15) is 27.2 Å². The first-order chi connectivity index (χ1) is 6.72. The third kappa shape index (κ3) is 7.69. The molecule has 1 unspecified atom stereocenters.